The molecule has 0 aliphatic carbocycles. The lowest BCUT2D eigenvalue weighted by molar-refractivity contribution is -0.121. The van der Waals surface area contributed by atoms with Crippen LogP contribution in [-0.2, 0) is 11.3 Å². The minimum absolute atomic E-state index is 0.171. The van der Waals surface area contributed by atoms with Gasteiger partial charge in [-0.1, -0.05) is 26.7 Å². The number of carbonyl (C=O) groups excluding carboxylic acids is 1. The van der Waals surface area contributed by atoms with Gasteiger partial charge in [0, 0.05) is 31.4 Å². The molecule has 2 rings (SSSR count). The summed E-state index contributed by atoms with van der Waals surface area (Å²) in [5.41, 5.74) is 1.18. The predicted molar refractivity (Wildman–Crippen MR) is 84.0 cm³/mol. The molecular weight excluding hydrogens is 264 g/mol. The van der Waals surface area contributed by atoms with Crippen molar-refractivity contribution in [2.45, 2.75) is 58.4 Å². The highest BCUT2D eigenvalue weighted by Gasteiger charge is 2.12. The molecule has 2 N–H and O–H groups in total. The van der Waals surface area contributed by atoms with E-state index in [-0.39, 0.29) is 5.91 Å². The zero-order chi connectivity index (χ0) is 15.1. The van der Waals surface area contributed by atoms with Crippen molar-refractivity contribution in [2.24, 2.45) is 0 Å². The summed E-state index contributed by atoms with van der Waals surface area (Å²) in [7, 11) is 0. The van der Waals surface area contributed by atoms with Gasteiger partial charge in [0.15, 0.2) is 0 Å². The van der Waals surface area contributed by atoms with Crippen molar-refractivity contribution in [3.05, 3.63) is 17.7 Å². The molecule has 1 saturated heterocycles. The van der Waals surface area contributed by atoms with Crippen molar-refractivity contribution in [3.8, 4) is 0 Å². The Morgan fingerprint density at radius 1 is 1.24 bits per heavy atom. The number of nitrogens with zero attached hydrogens (tertiary/aromatic N) is 2. The molecule has 1 aliphatic heterocycles. The lowest BCUT2D eigenvalue weighted by Gasteiger charge is -2.20. The summed E-state index contributed by atoms with van der Waals surface area (Å²) in [4.78, 5) is 21.9. The molecule has 0 atom stereocenters. The molecule has 5 nitrogen and oxygen atoms in total. The van der Waals surface area contributed by atoms with Crippen LogP contribution >= 0.6 is 0 Å². The number of H-pyrrole nitrogens is 1. The molecule has 0 spiro atoms. The van der Waals surface area contributed by atoms with E-state index in [1.54, 1.807) is 0 Å². The molecular formula is C16H28N4O. The highest BCUT2D eigenvalue weighted by Crippen LogP contribution is 2.13. The number of amides is 1. The summed E-state index contributed by atoms with van der Waals surface area (Å²) in [5.74, 6) is 1.65. The van der Waals surface area contributed by atoms with Crippen LogP contribution in [0, 0.1) is 0 Å². The second-order valence-corrected chi connectivity index (χ2v) is 6.23. The van der Waals surface area contributed by atoms with Crippen LogP contribution in [0.3, 0.4) is 0 Å². The summed E-state index contributed by atoms with van der Waals surface area (Å²) in [6.07, 6.45) is 7.25. The molecule has 21 heavy (non-hydrogen) atoms. The zero-order valence-electron chi connectivity index (χ0n) is 13.3. The predicted octanol–water partition coefficient (Wildman–Crippen LogP) is 2.42. The summed E-state index contributed by atoms with van der Waals surface area (Å²) >= 11 is 0. The van der Waals surface area contributed by atoms with Crippen LogP contribution in [0.4, 0.5) is 0 Å². The fourth-order valence-corrected chi connectivity index (χ4v) is 2.62. The van der Waals surface area contributed by atoms with E-state index in [4.69, 9.17) is 0 Å². The third kappa shape index (κ3) is 5.50. The molecule has 0 unspecified atom stereocenters. The van der Waals surface area contributed by atoms with Gasteiger partial charge in [0.1, 0.15) is 5.82 Å². The van der Waals surface area contributed by atoms with Crippen LogP contribution in [0.2, 0.25) is 0 Å². The van der Waals surface area contributed by atoms with Gasteiger partial charge < -0.3 is 10.3 Å². The Morgan fingerprint density at radius 3 is 2.81 bits per heavy atom. The lowest BCUT2D eigenvalue weighted by Crippen LogP contribution is -2.31. The van der Waals surface area contributed by atoms with Gasteiger partial charge in [0.05, 0.1) is 6.54 Å². The van der Waals surface area contributed by atoms with E-state index in [9.17, 15) is 4.79 Å². The fourth-order valence-electron chi connectivity index (χ4n) is 2.62. The number of hydrogen-bond donors (Lipinski definition) is 2. The average molecular weight is 292 g/mol. The third-order valence-corrected chi connectivity index (χ3v) is 4.02. The lowest BCUT2D eigenvalue weighted by atomic mass is 10.2. The monoisotopic (exact) mass is 292 g/mol. The summed E-state index contributed by atoms with van der Waals surface area (Å²) in [5, 5.41) is 2.99. The van der Waals surface area contributed by atoms with E-state index in [1.807, 2.05) is 6.20 Å². The Labute approximate surface area is 127 Å². The van der Waals surface area contributed by atoms with E-state index in [0.29, 0.717) is 12.3 Å². The SMILES string of the molecule is CC(C)c1cnc(CN2CCCCCCNC(=O)CC2)[nH]1. The molecule has 1 aliphatic rings. The van der Waals surface area contributed by atoms with Crippen molar-refractivity contribution in [2.75, 3.05) is 19.6 Å². The van der Waals surface area contributed by atoms with Gasteiger partial charge in [-0.05, 0) is 25.3 Å². The fraction of sp³-hybridized carbons (Fsp3) is 0.750. The van der Waals surface area contributed by atoms with E-state index < -0.39 is 0 Å². The largest absolute Gasteiger partial charge is 0.356 e. The first-order chi connectivity index (χ1) is 10.1. The topological polar surface area (TPSA) is 61.0 Å². The Hall–Kier alpha value is -1.36. The molecule has 1 aromatic heterocycles. The molecule has 0 bridgehead atoms. The molecule has 1 fully saturated rings. The van der Waals surface area contributed by atoms with Crippen molar-refractivity contribution in [1.82, 2.24) is 20.2 Å². The molecule has 0 aromatic carbocycles. The van der Waals surface area contributed by atoms with Gasteiger partial charge >= 0.3 is 0 Å². The van der Waals surface area contributed by atoms with E-state index >= 15 is 0 Å². The highest BCUT2D eigenvalue weighted by molar-refractivity contribution is 5.75. The first kappa shape index (κ1) is 16.0. The smallest absolute Gasteiger partial charge is 0.221 e. The molecule has 118 valence electrons. The summed E-state index contributed by atoms with van der Waals surface area (Å²) < 4.78 is 0. The molecule has 0 saturated carbocycles. The molecule has 2 heterocycles. The van der Waals surface area contributed by atoms with Crippen molar-refractivity contribution in [3.63, 3.8) is 0 Å². The Kier molecular flexibility index (Phi) is 6.23. The molecule has 1 aromatic rings. The third-order valence-electron chi connectivity index (χ3n) is 4.02. The van der Waals surface area contributed by atoms with Crippen LogP contribution < -0.4 is 5.32 Å². The zero-order valence-corrected chi connectivity index (χ0v) is 13.3. The number of imidazole rings is 1. The maximum absolute atomic E-state index is 11.7. The van der Waals surface area contributed by atoms with Gasteiger partial charge in [-0.15, -0.1) is 0 Å². The van der Waals surface area contributed by atoms with Crippen molar-refractivity contribution < 1.29 is 4.79 Å². The molecule has 0 radical (unpaired) electrons. The number of aromatic nitrogens is 2. The van der Waals surface area contributed by atoms with Gasteiger partial charge in [0.25, 0.3) is 0 Å². The van der Waals surface area contributed by atoms with Crippen LogP contribution in [-0.4, -0.2) is 40.4 Å². The number of rotatable bonds is 3. The van der Waals surface area contributed by atoms with Crippen LogP contribution in [0.25, 0.3) is 0 Å². The number of aromatic amines is 1. The van der Waals surface area contributed by atoms with Gasteiger partial charge in [0.2, 0.25) is 5.91 Å². The number of carbonyl (C=O) groups is 1. The first-order valence-corrected chi connectivity index (χ1v) is 8.18. The Balaban J connectivity index is 1.92. The minimum atomic E-state index is 0.171. The number of nitrogens with one attached hydrogen (secondary N) is 2. The Morgan fingerprint density at radius 2 is 2.05 bits per heavy atom. The van der Waals surface area contributed by atoms with E-state index in [0.717, 1.165) is 38.4 Å². The van der Waals surface area contributed by atoms with E-state index in [2.05, 4.69) is 34.0 Å². The molecule has 1 amide bonds. The maximum Gasteiger partial charge on any atom is 0.221 e. The first-order valence-electron chi connectivity index (χ1n) is 8.18. The van der Waals surface area contributed by atoms with Gasteiger partial charge in [-0.25, -0.2) is 4.98 Å². The minimum Gasteiger partial charge on any atom is -0.356 e. The molecule has 5 heteroatoms. The van der Waals surface area contributed by atoms with Gasteiger partial charge in [-0.3, -0.25) is 9.69 Å². The van der Waals surface area contributed by atoms with Crippen molar-refractivity contribution in [1.29, 1.82) is 0 Å². The quantitative estimate of drug-likeness (QED) is 0.899. The highest BCUT2D eigenvalue weighted by atomic mass is 16.1. The van der Waals surface area contributed by atoms with Crippen LogP contribution in [0.15, 0.2) is 6.20 Å². The van der Waals surface area contributed by atoms with Gasteiger partial charge in [-0.2, -0.15) is 0 Å². The van der Waals surface area contributed by atoms with Crippen molar-refractivity contribution >= 4 is 5.91 Å². The second kappa shape index (κ2) is 8.17. The second-order valence-electron chi connectivity index (χ2n) is 6.23. The standard InChI is InChI=1S/C16H28N4O/c1-13(2)14-11-18-15(19-14)12-20-9-6-4-3-5-8-17-16(21)7-10-20/h11,13H,3-10,12H2,1-2H3,(H,17,21)(H,18,19). The summed E-state index contributed by atoms with van der Waals surface area (Å²) in [6.45, 7) is 7.81. The van der Waals surface area contributed by atoms with Crippen LogP contribution in [0.5, 0.6) is 0 Å². The van der Waals surface area contributed by atoms with E-state index in [1.165, 1.54) is 25.0 Å². The average Bonchev–Trinajstić information content (AvgIpc) is 2.90. The summed E-state index contributed by atoms with van der Waals surface area (Å²) in [6, 6.07) is 0. The maximum atomic E-state index is 11.7. The number of hydrogen-bond acceptors (Lipinski definition) is 3. The normalized spacial score (nSPS) is 19.3. The van der Waals surface area contributed by atoms with Crippen LogP contribution in [0.1, 0.15) is 63.4 Å². The Bertz CT molecular complexity index is 441.